The van der Waals surface area contributed by atoms with Gasteiger partial charge in [0.15, 0.2) is 0 Å². The third-order valence-electron chi connectivity index (χ3n) is 2.87. The number of aromatic nitrogens is 2. The van der Waals surface area contributed by atoms with Gasteiger partial charge >= 0.3 is 16.9 Å². The summed E-state index contributed by atoms with van der Waals surface area (Å²) in [6.07, 6.45) is -8.91. The van der Waals surface area contributed by atoms with Crippen LogP contribution in [0.1, 0.15) is 18.3 Å². The highest BCUT2D eigenvalue weighted by Gasteiger charge is 2.32. The van der Waals surface area contributed by atoms with Gasteiger partial charge in [-0.25, -0.2) is 9.18 Å². The van der Waals surface area contributed by atoms with E-state index in [1.54, 1.807) is 9.97 Å². The van der Waals surface area contributed by atoms with Gasteiger partial charge in [-0.15, -0.1) is 0 Å². The lowest BCUT2D eigenvalue weighted by Crippen LogP contribution is -2.40. The summed E-state index contributed by atoms with van der Waals surface area (Å²) in [5.41, 5.74) is -4.81. The molecule has 0 saturated heterocycles. The number of nitrogens with zero attached hydrogens (tertiary/aromatic N) is 1. The number of aromatic amines is 2. The molecular formula is C10H14FN3O8. The first-order valence-electron chi connectivity index (χ1n) is 5.99. The maximum atomic E-state index is 14.1. The summed E-state index contributed by atoms with van der Waals surface area (Å²) in [6.45, 7) is -0.906. The molecule has 1 aromatic heterocycles. The van der Waals surface area contributed by atoms with E-state index >= 15 is 0 Å². The van der Waals surface area contributed by atoms with Crippen molar-refractivity contribution in [3.8, 4) is 0 Å². The molecule has 0 spiro atoms. The lowest BCUT2D eigenvalue weighted by atomic mass is 10.0. The van der Waals surface area contributed by atoms with Crippen LogP contribution in [0, 0.1) is 10.1 Å². The van der Waals surface area contributed by atoms with Crippen molar-refractivity contribution in [3.05, 3.63) is 36.6 Å². The van der Waals surface area contributed by atoms with E-state index in [9.17, 15) is 34.3 Å². The molecule has 4 atom stereocenters. The van der Waals surface area contributed by atoms with Gasteiger partial charge in [-0.05, 0) is 0 Å². The molecule has 0 aliphatic heterocycles. The van der Waals surface area contributed by atoms with Crippen LogP contribution in [-0.2, 0) is 0 Å². The normalized spacial score (nSPS) is 16.8. The van der Waals surface area contributed by atoms with E-state index in [2.05, 4.69) is 0 Å². The standard InChI is InChI=1S/C10H14FN3O8/c11-3(1-4(16)8(18)5(17)2-15)6-7(14(21)22)9(19)13-10(20)12-6/h3-5,8,15-18H,1-2H2,(H2,12,13,19,20)/t3-,4+,5-,8+/m1/s1. The minimum absolute atomic E-state index is 0.906. The highest BCUT2D eigenvalue weighted by Crippen LogP contribution is 2.26. The van der Waals surface area contributed by atoms with Crippen molar-refractivity contribution in [2.45, 2.75) is 30.9 Å². The van der Waals surface area contributed by atoms with Crippen molar-refractivity contribution >= 4 is 5.69 Å². The third-order valence-corrected chi connectivity index (χ3v) is 2.87. The Morgan fingerprint density at radius 2 is 1.77 bits per heavy atom. The average molecular weight is 323 g/mol. The molecule has 22 heavy (non-hydrogen) atoms. The van der Waals surface area contributed by atoms with Gasteiger partial charge in [-0.1, -0.05) is 0 Å². The van der Waals surface area contributed by atoms with Crippen LogP contribution in [0.3, 0.4) is 0 Å². The minimum atomic E-state index is -2.37. The number of hydrogen-bond acceptors (Lipinski definition) is 8. The van der Waals surface area contributed by atoms with E-state index < -0.39 is 65.1 Å². The molecule has 1 rings (SSSR count). The summed E-state index contributed by atoms with van der Waals surface area (Å²) in [4.78, 5) is 35.2. The Labute approximate surface area is 120 Å². The van der Waals surface area contributed by atoms with Crippen molar-refractivity contribution in [2.75, 3.05) is 6.61 Å². The molecule has 124 valence electrons. The minimum Gasteiger partial charge on any atom is -0.394 e. The molecule has 1 aromatic rings. The summed E-state index contributed by atoms with van der Waals surface area (Å²) in [5.74, 6) is 0. The van der Waals surface area contributed by atoms with Crippen LogP contribution in [-0.4, -0.2) is 60.2 Å². The predicted molar refractivity (Wildman–Crippen MR) is 67.9 cm³/mol. The van der Waals surface area contributed by atoms with E-state index in [1.807, 2.05) is 0 Å². The van der Waals surface area contributed by atoms with Gasteiger partial charge in [-0.3, -0.25) is 19.9 Å². The van der Waals surface area contributed by atoms with Gasteiger partial charge in [0.25, 0.3) is 0 Å². The fraction of sp³-hybridized carbons (Fsp3) is 0.600. The van der Waals surface area contributed by atoms with Gasteiger partial charge in [0, 0.05) is 6.42 Å². The molecule has 0 aliphatic rings. The summed E-state index contributed by atoms with van der Waals surface area (Å²) in [6, 6.07) is 0. The smallest absolute Gasteiger partial charge is 0.356 e. The van der Waals surface area contributed by atoms with Crippen LogP contribution in [0.5, 0.6) is 0 Å². The molecule has 0 aliphatic carbocycles. The molecule has 0 radical (unpaired) electrons. The number of nitro groups is 1. The van der Waals surface area contributed by atoms with Gasteiger partial charge in [0.05, 0.1) is 17.6 Å². The number of rotatable bonds is 7. The monoisotopic (exact) mass is 323 g/mol. The fourth-order valence-corrected chi connectivity index (χ4v) is 1.74. The van der Waals surface area contributed by atoms with Crippen molar-refractivity contribution in [3.63, 3.8) is 0 Å². The largest absolute Gasteiger partial charge is 0.394 e. The van der Waals surface area contributed by atoms with Crippen LogP contribution in [0.2, 0.25) is 0 Å². The molecule has 0 unspecified atom stereocenters. The van der Waals surface area contributed by atoms with Gasteiger partial charge in [0.2, 0.25) is 0 Å². The Morgan fingerprint density at radius 1 is 1.18 bits per heavy atom. The Hall–Kier alpha value is -2.15. The average Bonchev–Trinajstić information content (AvgIpc) is 2.43. The number of alkyl halides is 1. The number of hydrogen-bond donors (Lipinski definition) is 6. The second-order valence-corrected chi connectivity index (χ2v) is 4.44. The summed E-state index contributed by atoms with van der Waals surface area (Å²) < 4.78 is 14.1. The number of nitrogens with one attached hydrogen (secondary N) is 2. The molecule has 0 aromatic carbocycles. The summed E-state index contributed by atoms with van der Waals surface area (Å²) >= 11 is 0. The van der Waals surface area contributed by atoms with Crippen LogP contribution in [0.4, 0.5) is 10.1 Å². The number of halogens is 1. The maximum Gasteiger partial charge on any atom is 0.356 e. The fourth-order valence-electron chi connectivity index (χ4n) is 1.74. The van der Waals surface area contributed by atoms with E-state index in [4.69, 9.17) is 10.2 Å². The molecule has 0 bridgehead atoms. The molecule has 0 amide bonds. The molecule has 11 nitrogen and oxygen atoms in total. The zero-order chi connectivity index (χ0) is 17.0. The maximum absolute atomic E-state index is 14.1. The quantitative estimate of drug-likeness (QED) is 0.233. The first-order chi connectivity index (χ1) is 10.2. The van der Waals surface area contributed by atoms with Crippen LogP contribution in [0.25, 0.3) is 0 Å². The highest BCUT2D eigenvalue weighted by atomic mass is 19.1. The summed E-state index contributed by atoms with van der Waals surface area (Å²) in [7, 11) is 0. The van der Waals surface area contributed by atoms with Crippen molar-refractivity contribution < 1.29 is 29.7 Å². The number of aliphatic hydroxyl groups excluding tert-OH is 4. The van der Waals surface area contributed by atoms with Crippen molar-refractivity contribution in [1.82, 2.24) is 9.97 Å². The van der Waals surface area contributed by atoms with Gasteiger partial charge < -0.3 is 25.4 Å². The Bertz CT molecular complexity index is 644. The van der Waals surface area contributed by atoms with Crippen molar-refractivity contribution in [2.24, 2.45) is 0 Å². The molecule has 0 fully saturated rings. The zero-order valence-electron chi connectivity index (χ0n) is 11.0. The number of aliphatic hydroxyl groups is 4. The van der Waals surface area contributed by atoms with E-state index in [0.29, 0.717) is 0 Å². The SMILES string of the molecule is O=c1[nH]c([C@H](F)C[C@H](O)[C@H](O)[C@H](O)CO)c([N+](=O)[O-])c(=O)[nH]1. The predicted octanol–water partition coefficient (Wildman–Crippen LogP) is -2.55. The van der Waals surface area contributed by atoms with Crippen LogP contribution < -0.4 is 11.2 Å². The topological polar surface area (TPSA) is 190 Å². The van der Waals surface area contributed by atoms with E-state index in [1.165, 1.54) is 0 Å². The Balaban J connectivity index is 3.08. The number of H-pyrrole nitrogens is 2. The summed E-state index contributed by atoms with van der Waals surface area (Å²) in [5, 5.41) is 47.3. The van der Waals surface area contributed by atoms with E-state index in [0.717, 1.165) is 0 Å². The molecular weight excluding hydrogens is 309 g/mol. The Kier molecular flexibility index (Phi) is 5.87. The van der Waals surface area contributed by atoms with E-state index in [-0.39, 0.29) is 0 Å². The van der Waals surface area contributed by atoms with Gasteiger partial charge in [-0.2, -0.15) is 0 Å². The first-order valence-corrected chi connectivity index (χ1v) is 5.99. The lowest BCUT2D eigenvalue weighted by Gasteiger charge is -2.22. The molecule has 0 saturated carbocycles. The van der Waals surface area contributed by atoms with Crippen LogP contribution in [0.15, 0.2) is 9.59 Å². The zero-order valence-corrected chi connectivity index (χ0v) is 11.0. The molecule has 6 N–H and O–H groups in total. The molecule has 12 heteroatoms. The van der Waals surface area contributed by atoms with Gasteiger partial charge in [0.1, 0.15) is 24.1 Å². The highest BCUT2D eigenvalue weighted by molar-refractivity contribution is 5.33. The molecule has 1 heterocycles. The first kappa shape index (κ1) is 17.9. The van der Waals surface area contributed by atoms with Crippen molar-refractivity contribution in [1.29, 1.82) is 0 Å². The third kappa shape index (κ3) is 3.94. The second kappa shape index (κ2) is 7.22. The second-order valence-electron chi connectivity index (χ2n) is 4.44. The Morgan fingerprint density at radius 3 is 2.27 bits per heavy atom. The lowest BCUT2D eigenvalue weighted by molar-refractivity contribution is -0.387. The van der Waals surface area contributed by atoms with Crippen LogP contribution >= 0.6 is 0 Å².